The Labute approximate surface area is 220 Å². The Balaban J connectivity index is 1.44. The summed E-state index contributed by atoms with van der Waals surface area (Å²) in [6.07, 6.45) is 5.49. The number of anilines is 2. The van der Waals surface area contributed by atoms with Crippen molar-refractivity contribution in [1.29, 1.82) is 0 Å². The van der Waals surface area contributed by atoms with E-state index in [4.69, 9.17) is 25.8 Å². The number of nitrogens with one attached hydrogen (secondary N) is 3. The molecule has 194 valence electrons. The highest BCUT2D eigenvalue weighted by molar-refractivity contribution is 6.32. The Morgan fingerprint density at radius 1 is 1.32 bits per heavy atom. The Morgan fingerprint density at radius 3 is 2.97 bits per heavy atom. The van der Waals surface area contributed by atoms with E-state index in [1.807, 2.05) is 18.2 Å². The van der Waals surface area contributed by atoms with Gasteiger partial charge in [0.1, 0.15) is 12.4 Å². The quantitative estimate of drug-likeness (QED) is 0.431. The predicted octanol–water partition coefficient (Wildman–Crippen LogP) is 3.97. The van der Waals surface area contributed by atoms with Crippen LogP contribution in [0.15, 0.2) is 36.7 Å². The zero-order valence-electron chi connectivity index (χ0n) is 20.9. The smallest absolute Gasteiger partial charge is 0.255 e. The van der Waals surface area contributed by atoms with Crippen LogP contribution in [0, 0.1) is 0 Å². The van der Waals surface area contributed by atoms with Crippen LogP contribution in [-0.4, -0.2) is 73.9 Å². The second-order valence-corrected chi connectivity index (χ2v) is 10.3. The molecule has 3 aliphatic rings. The van der Waals surface area contributed by atoms with Crippen LogP contribution >= 0.6 is 11.6 Å². The number of morpholine rings is 1. The third-order valence-electron chi connectivity index (χ3n) is 7.64. The number of nitrogens with zero attached hydrogens (tertiary/aromatic N) is 2. The lowest BCUT2D eigenvalue weighted by molar-refractivity contribution is -0.0107. The van der Waals surface area contributed by atoms with Gasteiger partial charge in [0.15, 0.2) is 5.75 Å². The molecule has 1 spiro atoms. The van der Waals surface area contributed by atoms with Gasteiger partial charge in [0.25, 0.3) is 5.91 Å². The van der Waals surface area contributed by atoms with E-state index in [-0.39, 0.29) is 17.4 Å². The van der Waals surface area contributed by atoms with Gasteiger partial charge in [-0.3, -0.25) is 14.7 Å². The maximum absolute atomic E-state index is 13.2. The molecule has 1 aliphatic carbocycles. The van der Waals surface area contributed by atoms with Crippen LogP contribution in [0.1, 0.15) is 28.9 Å². The predicted molar refractivity (Wildman–Crippen MR) is 141 cm³/mol. The summed E-state index contributed by atoms with van der Waals surface area (Å²) in [6, 6.07) is 7.55. The molecular weight excluding hydrogens is 494 g/mol. The number of hydrogen-bond donors (Lipinski definition) is 3. The number of halogens is 1. The largest absolute Gasteiger partial charge is 0.493 e. The first-order valence-electron chi connectivity index (χ1n) is 12.5. The number of fused-ring (bicyclic) bond motifs is 2. The Bertz CT molecular complexity index is 1340. The third kappa shape index (κ3) is 4.31. The second-order valence-electron chi connectivity index (χ2n) is 9.93. The normalized spacial score (nSPS) is 20.3. The molecular formula is C27H30ClN5O4. The number of ether oxygens (including phenoxy) is 3. The molecule has 1 saturated carbocycles. The zero-order valence-corrected chi connectivity index (χ0v) is 21.7. The monoisotopic (exact) mass is 523 g/mol. The van der Waals surface area contributed by atoms with Crippen LogP contribution in [0.3, 0.4) is 0 Å². The molecule has 0 bridgehead atoms. The lowest BCUT2D eigenvalue weighted by Gasteiger charge is -2.32. The molecule has 0 radical (unpaired) electrons. The van der Waals surface area contributed by atoms with Crippen molar-refractivity contribution < 1.29 is 19.0 Å². The Kier molecular flexibility index (Phi) is 6.22. The van der Waals surface area contributed by atoms with Crippen molar-refractivity contribution in [2.45, 2.75) is 24.3 Å². The molecule has 3 aromatic rings. The van der Waals surface area contributed by atoms with Gasteiger partial charge in [0.2, 0.25) is 0 Å². The molecule has 6 rings (SSSR count). The van der Waals surface area contributed by atoms with Gasteiger partial charge in [0, 0.05) is 36.0 Å². The summed E-state index contributed by atoms with van der Waals surface area (Å²) in [5.41, 5.74) is 4.41. The van der Waals surface area contributed by atoms with Crippen LogP contribution in [0.25, 0.3) is 11.3 Å². The first kappa shape index (κ1) is 24.1. The van der Waals surface area contributed by atoms with Crippen LogP contribution in [0.2, 0.25) is 5.02 Å². The average Bonchev–Trinajstić information content (AvgIpc) is 3.59. The maximum Gasteiger partial charge on any atom is 0.255 e. The van der Waals surface area contributed by atoms with E-state index in [1.165, 1.54) is 0 Å². The fourth-order valence-corrected chi connectivity index (χ4v) is 5.46. The molecule has 0 unspecified atom stereocenters. The molecule has 4 heterocycles. The minimum absolute atomic E-state index is 0.0630. The van der Waals surface area contributed by atoms with Gasteiger partial charge in [-0.2, -0.15) is 0 Å². The lowest BCUT2D eigenvalue weighted by atomic mass is 9.93. The number of aromatic amines is 1. The van der Waals surface area contributed by atoms with Crippen LogP contribution in [0.5, 0.6) is 11.5 Å². The number of pyridine rings is 1. The summed E-state index contributed by atoms with van der Waals surface area (Å²) in [6.45, 7) is 3.30. The fraction of sp³-hybridized carbons (Fsp3) is 0.407. The van der Waals surface area contributed by atoms with Gasteiger partial charge in [-0.1, -0.05) is 17.7 Å². The van der Waals surface area contributed by atoms with Crippen LogP contribution in [-0.2, 0) is 10.2 Å². The number of amides is 1. The summed E-state index contributed by atoms with van der Waals surface area (Å²) in [7, 11) is 3.65. The van der Waals surface area contributed by atoms with Gasteiger partial charge >= 0.3 is 0 Å². The SMILES string of the molecule is COc1c(Cl)cccc1Nc1c(-c2ccncc2OC[C@@H]2COCCN2C)[nH]c2c1C(=O)NCC21CC1. The molecule has 2 fully saturated rings. The van der Waals surface area contributed by atoms with E-state index in [9.17, 15) is 4.79 Å². The van der Waals surface area contributed by atoms with Crippen LogP contribution < -0.4 is 20.1 Å². The minimum atomic E-state index is -0.115. The number of aromatic nitrogens is 2. The summed E-state index contributed by atoms with van der Waals surface area (Å²) in [5, 5.41) is 7.04. The van der Waals surface area contributed by atoms with E-state index in [0.717, 1.165) is 42.9 Å². The third-order valence-corrected chi connectivity index (χ3v) is 7.93. The van der Waals surface area contributed by atoms with Gasteiger partial charge in [0.05, 0.1) is 60.2 Å². The number of methoxy groups -OCH3 is 1. The highest BCUT2D eigenvalue weighted by atomic mass is 35.5. The molecule has 1 aromatic carbocycles. The van der Waals surface area contributed by atoms with Crippen LogP contribution in [0.4, 0.5) is 11.4 Å². The minimum Gasteiger partial charge on any atom is -0.493 e. The molecule has 1 atom stereocenters. The van der Waals surface area contributed by atoms with Crippen molar-refractivity contribution >= 4 is 28.9 Å². The maximum atomic E-state index is 13.2. The van der Waals surface area contributed by atoms with Crippen molar-refractivity contribution in [3.63, 3.8) is 0 Å². The number of likely N-dealkylation sites (N-methyl/N-ethyl adjacent to an activating group) is 1. The first-order chi connectivity index (χ1) is 18.0. The molecule has 1 amide bonds. The van der Waals surface area contributed by atoms with E-state index in [1.54, 1.807) is 25.6 Å². The van der Waals surface area contributed by atoms with E-state index in [0.29, 0.717) is 53.2 Å². The van der Waals surface area contributed by atoms with E-state index < -0.39 is 0 Å². The molecule has 3 N–H and O–H groups in total. The number of benzene rings is 1. The Hall–Kier alpha value is -3.27. The topological polar surface area (TPSA) is 101 Å². The fourth-order valence-electron chi connectivity index (χ4n) is 5.21. The number of para-hydroxylation sites is 1. The van der Waals surface area contributed by atoms with Crippen molar-refractivity contribution in [2.75, 3.05) is 52.4 Å². The van der Waals surface area contributed by atoms with Gasteiger partial charge in [-0.15, -0.1) is 0 Å². The van der Waals surface area contributed by atoms with Gasteiger partial charge in [-0.25, -0.2) is 0 Å². The number of carbonyl (C=O) groups excluding carboxylic acids is 1. The van der Waals surface area contributed by atoms with Gasteiger partial charge < -0.3 is 29.8 Å². The number of rotatable bonds is 7. The van der Waals surface area contributed by atoms with Crippen molar-refractivity contribution in [3.8, 4) is 22.8 Å². The van der Waals surface area contributed by atoms with Crippen molar-refractivity contribution in [3.05, 3.63) is 52.9 Å². The number of H-pyrrole nitrogens is 1. The lowest BCUT2D eigenvalue weighted by Crippen LogP contribution is -2.46. The molecule has 1 saturated heterocycles. The summed E-state index contributed by atoms with van der Waals surface area (Å²) in [5.74, 6) is 1.02. The van der Waals surface area contributed by atoms with E-state index >= 15 is 0 Å². The average molecular weight is 524 g/mol. The Morgan fingerprint density at radius 2 is 2.19 bits per heavy atom. The highest BCUT2D eigenvalue weighted by Gasteiger charge is 2.51. The number of carbonyl (C=O) groups is 1. The zero-order chi connectivity index (χ0) is 25.6. The summed E-state index contributed by atoms with van der Waals surface area (Å²) in [4.78, 5) is 23.4. The molecule has 2 aromatic heterocycles. The number of hydrogen-bond acceptors (Lipinski definition) is 7. The van der Waals surface area contributed by atoms with E-state index in [2.05, 4.69) is 32.5 Å². The standard InChI is InChI=1S/C27H30ClN5O4/c1-33-10-11-36-13-16(33)14-37-20-12-29-9-6-17(20)22-23(31-19-5-3-4-18(28)24(19)35-2)21-25(32-22)27(7-8-27)15-30-26(21)34/h3-6,9,12,16,31-32H,7-8,10-11,13-15H2,1-2H3,(H,30,34)/t16-/m0/s1. The van der Waals surface area contributed by atoms with Crippen molar-refractivity contribution in [2.24, 2.45) is 0 Å². The molecule has 37 heavy (non-hydrogen) atoms. The second kappa shape index (κ2) is 9.55. The first-order valence-corrected chi connectivity index (χ1v) is 12.9. The molecule has 10 heteroatoms. The van der Waals surface area contributed by atoms with Crippen molar-refractivity contribution in [1.82, 2.24) is 20.2 Å². The highest BCUT2D eigenvalue weighted by Crippen LogP contribution is 2.54. The van der Waals surface area contributed by atoms with Gasteiger partial charge in [-0.05, 0) is 38.1 Å². The summed E-state index contributed by atoms with van der Waals surface area (Å²) >= 11 is 6.41. The molecule has 9 nitrogen and oxygen atoms in total. The summed E-state index contributed by atoms with van der Waals surface area (Å²) < 4.78 is 17.5. The molecule has 2 aliphatic heterocycles.